The number of halogens is 1. The molecule has 39 heavy (non-hydrogen) atoms. The molecule has 2 aromatic carbocycles. The van der Waals surface area contributed by atoms with Crippen molar-refractivity contribution in [3.8, 4) is 5.75 Å². The van der Waals surface area contributed by atoms with Crippen LogP contribution in [-0.4, -0.2) is 40.8 Å². The van der Waals surface area contributed by atoms with Crippen molar-refractivity contribution < 1.29 is 38.0 Å². The lowest BCUT2D eigenvalue weighted by molar-refractivity contribution is -0.384. The number of nitro benzene ring substituents is 1. The maximum absolute atomic E-state index is 12.9. The number of esters is 2. The van der Waals surface area contributed by atoms with Gasteiger partial charge in [-0.05, 0) is 60.2 Å². The number of hydrogen-bond acceptors (Lipinski definition) is 9. The molecule has 1 aliphatic heterocycles. The molecule has 1 saturated heterocycles. The molecule has 0 atom stereocenters. The maximum atomic E-state index is 12.9. The number of carbonyl (C=O) groups is 4. The summed E-state index contributed by atoms with van der Waals surface area (Å²) < 4.78 is 15.9. The van der Waals surface area contributed by atoms with Gasteiger partial charge in [0.2, 0.25) is 5.76 Å². The number of ether oxygens (including phenoxy) is 2. The van der Waals surface area contributed by atoms with Crippen molar-refractivity contribution >= 4 is 57.6 Å². The zero-order valence-electron chi connectivity index (χ0n) is 20.1. The summed E-state index contributed by atoms with van der Waals surface area (Å²) in [5.41, 5.74) is 0.712. The highest BCUT2D eigenvalue weighted by atomic mass is 79.9. The predicted octanol–water partition coefficient (Wildman–Crippen LogP) is 4.45. The molecule has 1 aliphatic rings. The van der Waals surface area contributed by atoms with Crippen molar-refractivity contribution in [2.75, 3.05) is 7.11 Å². The van der Waals surface area contributed by atoms with Crippen molar-refractivity contribution in [2.45, 2.75) is 6.54 Å². The second-order valence-corrected chi connectivity index (χ2v) is 8.84. The van der Waals surface area contributed by atoms with Gasteiger partial charge >= 0.3 is 18.0 Å². The van der Waals surface area contributed by atoms with E-state index < -0.39 is 28.8 Å². The number of imide groups is 1. The molecular weight excluding hydrogens is 578 g/mol. The van der Waals surface area contributed by atoms with Crippen LogP contribution in [0.3, 0.4) is 0 Å². The van der Waals surface area contributed by atoms with E-state index in [0.29, 0.717) is 15.6 Å². The van der Waals surface area contributed by atoms with Gasteiger partial charge in [0.15, 0.2) is 0 Å². The average Bonchev–Trinajstić information content (AvgIpc) is 3.49. The Labute approximate surface area is 228 Å². The van der Waals surface area contributed by atoms with Crippen molar-refractivity contribution in [3.05, 3.63) is 104 Å². The van der Waals surface area contributed by atoms with Crippen molar-refractivity contribution in [1.82, 2.24) is 10.2 Å². The summed E-state index contributed by atoms with van der Waals surface area (Å²) in [6, 6.07) is 12.4. The van der Waals surface area contributed by atoms with E-state index >= 15 is 0 Å². The molecule has 0 saturated carbocycles. The van der Waals surface area contributed by atoms with Crippen LogP contribution in [0.1, 0.15) is 27.4 Å². The molecule has 0 spiro atoms. The third kappa shape index (κ3) is 6.45. The summed E-state index contributed by atoms with van der Waals surface area (Å²) in [6.45, 7) is -0.229. The second kappa shape index (κ2) is 11.6. The molecule has 0 unspecified atom stereocenters. The minimum absolute atomic E-state index is 0.0708. The first kappa shape index (κ1) is 27.0. The molecule has 1 fully saturated rings. The van der Waals surface area contributed by atoms with E-state index in [1.807, 2.05) is 0 Å². The Morgan fingerprint density at radius 1 is 1.13 bits per heavy atom. The lowest BCUT2D eigenvalue weighted by Gasteiger charge is -2.09. The number of hydrogen-bond donors (Lipinski definition) is 1. The van der Waals surface area contributed by atoms with Crippen LogP contribution in [0.25, 0.3) is 12.2 Å². The molecule has 4 rings (SSSR count). The predicted molar refractivity (Wildman–Crippen MR) is 139 cm³/mol. The lowest BCUT2D eigenvalue weighted by atomic mass is 10.1. The van der Waals surface area contributed by atoms with Crippen LogP contribution in [0, 0.1) is 10.1 Å². The average molecular weight is 596 g/mol. The molecule has 0 aliphatic carbocycles. The van der Waals surface area contributed by atoms with E-state index in [4.69, 9.17) is 9.15 Å². The van der Waals surface area contributed by atoms with Gasteiger partial charge in [-0.3, -0.25) is 19.8 Å². The van der Waals surface area contributed by atoms with Crippen molar-refractivity contribution in [2.24, 2.45) is 0 Å². The number of rotatable bonds is 8. The van der Waals surface area contributed by atoms with Gasteiger partial charge < -0.3 is 19.2 Å². The van der Waals surface area contributed by atoms with E-state index in [0.717, 1.165) is 11.0 Å². The number of carbonyl (C=O) groups excluding carboxylic acids is 4. The van der Waals surface area contributed by atoms with Crippen LogP contribution in [0.15, 0.2) is 75.3 Å². The molecule has 0 bridgehead atoms. The van der Waals surface area contributed by atoms with Crippen LogP contribution >= 0.6 is 15.9 Å². The normalized spacial score (nSPS) is 14.1. The van der Waals surface area contributed by atoms with Crippen LogP contribution in [0.4, 0.5) is 10.5 Å². The van der Waals surface area contributed by atoms with E-state index in [9.17, 15) is 29.3 Å². The third-order valence-electron chi connectivity index (χ3n) is 5.32. The molecule has 3 amide bonds. The Balaban J connectivity index is 1.49. The Kier molecular flexibility index (Phi) is 8.01. The number of non-ortho nitro benzene ring substituents is 1. The SMILES string of the molecule is COC(=O)c1ccc(CN2C(=O)N/C(=C/c3cc(Br)ccc3OC(=O)/C=C/c3ccc([N+](=O)[O-])cc3)C2=O)o1. The first-order valence-corrected chi connectivity index (χ1v) is 11.9. The summed E-state index contributed by atoms with van der Waals surface area (Å²) in [5.74, 6) is -1.86. The number of nitrogens with zero attached hydrogens (tertiary/aromatic N) is 2. The molecule has 1 aromatic heterocycles. The van der Waals surface area contributed by atoms with Crippen LogP contribution in [0.2, 0.25) is 0 Å². The Morgan fingerprint density at radius 3 is 2.56 bits per heavy atom. The summed E-state index contributed by atoms with van der Waals surface area (Å²) >= 11 is 3.33. The summed E-state index contributed by atoms with van der Waals surface area (Å²) in [6.07, 6.45) is 3.94. The maximum Gasteiger partial charge on any atom is 0.373 e. The largest absolute Gasteiger partial charge is 0.463 e. The van der Waals surface area contributed by atoms with Gasteiger partial charge in [0, 0.05) is 28.2 Å². The smallest absolute Gasteiger partial charge is 0.373 e. The standard InChI is InChI=1S/C26H18BrN3O9/c1-37-25(33)22-10-8-19(38-22)14-29-24(32)20(28-26(29)34)13-16-12-17(27)5-9-21(16)39-23(31)11-4-15-2-6-18(7-3-15)30(35)36/h2-13H,14H2,1H3,(H,28,34)/b11-4+,20-13+. The monoisotopic (exact) mass is 595 g/mol. The lowest BCUT2D eigenvalue weighted by Crippen LogP contribution is -2.30. The molecule has 12 nitrogen and oxygen atoms in total. The molecule has 3 aromatic rings. The Morgan fingerprint density at radius 2 is 1.87 bits per heavy atom. The molecular formula is C26H18BrN3O9. The van der Waals surface area contributed by atoms with E-state index in [-0.39, 0.29) is 35.2 Å². The molecule has 198 valence electrons. The van der Waals surface area contributed by atoms with Gasteiger partial charge in [-0.25, -0.2) is 14.4 Å². The van der Waals surface area contributed by atoms with Gasteiger partial charge in [0.25, 0.3) is 11.6 Å². The molecule has 0 radical (unpaired) electrons. The van der Waals surface area contributed by atoms with E-state index in [2.05, 4.69) is 26.0 Å². The van der Waals surface area contributed by atoms with E-state index in [1.165, 1.54) is 61.7 Å². The number of furan rings is 1. The summed E-state index contributed by atoms with van der Waals surface area (Å²) in [7, 11) is 1.20. The van der Waals surface area contributed by atoms with Gasteiger partial charge in [-0.15, -0.1) is 0 Å². The number of methoxy groups -OCH3 is 1. The molecule has 2 heterocycles. The zero-order valence-corrected chi connectivity index (χ0v) is 21.7. The third-order valence-corrected chi connectivity index (χ3v) is 5.82. The van der Waals surface area contributed by atoms with Crippen LogP contribution in [0.5, 0.6) is 5.75 Å². The highest BCUT2D eigenvalue weighted by Crippen LogP contribution is 2.27. The number of benzene rings is 2. The first-order chi connectivity index (χ1) is 18.6. The van der Waals surface area contributed by atoms with Gasteiger partial charge in [0.05, 0.1) is 18.6 Å². The highest BCUT2D eigenvalue weighted by Gasteiger charge is 2.34. The Bertz CT molecular complexity index is 1540. The second-order valence-electron chi connectivity index (χ2n) is 7.92. The number of nitro groups is 1. The fourth-order valence-electron chi connectivity index (χ4n) is 3.44. The fraction of sp³-hybridized carbons (Fsp3) is 0.0769. The molecule has 1 N–H and O–H groups in total. The van der Waals surface area contributed by atoms with Crippen LogP contribution in [-0.2, 0) is 20.9 Å². The summed E-state index contributed by atoms with van der Waals surface area (Å²) in [5, 5.41) is 13.2. The topological polar surface area (TPSA) is 158 Å². The van der Waals surface area contributed by atoms with Crippen LogP contribution < -0.4 is 10.1 Å². The number of urea groups is 1. The minimum Gasteiger partial charge on any atom is -0.463 e. The van der Waals surface area contributed by atoms with E-state index in [1.54, 1.807) is 12.1 Å². The fourth-order valence-corrected chi connectivity index (χ4v) is 3.82. The number of amides is 3. The Hall–Kier alpha value is -5.04. The highest BCUT2D eigenvalue weighted by molar-refractivity contribution is 9.10. The van der Waals surface area contributed by atoms with Gasteiger partial charge in [-0.1, -0.05) is 15.9 Å². The van der Waals surface area contributed by atoms with Crippen molar-refractivity contribution in [3.63, 3.8) is 0 Å². The first-order valence-electron chi connectivity index (χ1n) is 11.1. The quantitative estimate of drug-likeness (QED) is 0.0991. The van der Waals surface area contributed by atoms with Gasteiger partial charge in [-0.2, -0.15) is 0 Å². The minimum atomic E-state index is -0.738. The number of nitrogens with one attached hydrogen (secondary N) is 1. The van der Waals surface area contributed by atoms with Gasteiger partial charge in [0.1, 0.15) is 17.2 Å². The van der Waals surface area contributed by atoms with Crippen molar-refractivity contribution in [1.29, 1.82) is 0 Å². The zero-order chi connectivity index (χ0) is 28.1. The molecule has 13 heteroatoms. The summed E-state index contributed by atoms with van der Waals surface area (Å²) in [4.78, 5) is 60.6.